The quantitative estimate of drug-likeness (QED) is 0.450. The molecule has 1 atom stereocenters. The average Bonchev–Trinajstić information content (AvgIpc) is 2.18. The molecule has 0 spiro atoms. The second-order valence-electron chi connectivity index (χ2n) is 4.04. The second kappa shape index (κ2) is 5.45. The molecule has 1 saturated heterocycles. The van der Waals surface area contributed by atoms with E-state index in [2.05, 4.69) is 9.86 Å². The molecule has 0 aromatic carbocycles. The number of hydrogen-bond acceptors (Lipinski definition) is 4. The zero-order valence-corrected chi connectivity index (χ0v) is 11.9. The number of carbonyl (C=O) groups is 1. The fourth-order valence-electron chi connectivity index (χ4n) is 0.953. The van der Waals surface area contributed by atoms with E-state index < -0.39 is 26.1 Å². The third-order valence-corrected chi connectivity index (χ3v) is 8.34. The summed E-state index contributed by atoms with van der Waals surface area (Å²) in [5.74, 6) is -0.135. The molecule has 0 radical (unpaired) electrons. The van der Waals surface area contributed by atoms with Gasteiger partial charge in [0.15, 0.2) is 0 Å². The molecule has 1 aliphatic heterocycles. The third-order valence-electron chi connectivity index (χ3n) is 2.50. The van der Waals surface area contributed by atoms with Crippen molar-refractivity contribution in [3.63, 3.8) is 0 Å². The zero-order chi connectivity index (χ0) is 11.5. The molecule has 1 unspecified atom stereocenters. The predicted molar refractivity (Wildman–Crippen MR) is 66.3 cm³/mol. The van der Waals surface area contributed by atoms with E-state index in [-0.39, 0.29) is 16.2 Å². The molecule has 15 heavy (non-hydrogen) atoms. The molecule has 1 fully saturated rings. The van der Waals surface area contributed by atoms with Crippen molar-refractivity contribution in [2.45, 2.75) is 30.0 Å². The number of rotatable bonds is 3. The van der Waals surface area contributed by atoms with E-state index in [9.17, 15) is 4.79 Å². The summed E-state index contributed by atoms with van der Waals surface area (Å²) in [6.07, 6.45) is 0.213. The van der Waals surface area contributed by atoms with Crippen LogP contribution in [0.15, 0.2) is 0 Å². The summed E-state index contributed by atoms with van der Waals surface area (Å²) in [4.78, 5) is 16.2. The summed E-state index contributed by atoms with van der Waals surface area (Å²) in [6, 6.07) is 0. The number of hydrogen-bond donors (Lipinski definition) is 0. The van der Waals surface area contributed by atoms with Gasteiger partial charge in [0, 0.05) is 0 Å². The van der Waals surface area contributed by atoms with Gasteiger partial charge in [0.05, 0.1) is 0 Å². The molecule has 5 heteroatoms. The van der Waals surface area contributed by atoms with Crippen LogP contribution in [-0.4, -0.2) is 38.9 Å². The molecule has 4 nitrogen and oxygen atoms in total. The second-order valence-corrected chi connectivity index (χ2v) is 11.1. The van der Waals surface area contributed by atoms with Crippen LogP contribution in [0.1, 0.15) is 20.3 Å². The van der Waals surface area contributed by atoms with Gasteiger partial charge < -0.3 is 0 Å². The van der Waals surface area contributed by atoms with E-state index in [0.29, 0.717) is 13.0 Å². The van der Waals surface area contributed by atoms with Crippen molar-refractivity contribution in [1.82, 2.24) is 0 Å². The SMILES string of the molecule is CI(C)C(C)(C)C(=O)OC1CCOCO1. The Bertz CT molecular complexity index is 221. The van der Waals surface area contributed by atoms with Crippen LogP contribution >= 0.6 is 19.8 Å². The van der Waals surface area contributed by atoms with Crippen molar-refractivity contribution in [2.75, 3.05) is 23.3 Å². The van der Waals surface area contributed by atoms with Gasteiger partial charge in [0.25, 0.3) is 0 Å². The Hall–Kier alpha value is 0.120. The first-order valence-electron chi connectivity index (χ1n) is 4.85. The van der Waals surface area contributed by atoms with Gasteiger partial charge in [-0.15, -0.1) is 0 Å². The van der Waals surface area contributed by atoms with Crippen LogP contribution in [0.5, 0.6) is 0 Å². The van der Waals surface area contributed by atoms with E-state index in [1.165, 1.54) is 0 Å². The van der Waals surface area contributed by atoms with Crippen molar-refractivity contribution in [3.05, 3.63) is 0 Å². The first-order chi connectivity index (χ1) is 6.94. The van der Waals surface area contributed by atoms with Crippen LogP contribution < -0.4 is 0 Å². The van der Waals surface area contributed by atoms with Gasteiger partial charge >= 0.3 is 98.0 Å². The van der Waals surface area contributed by atoms with Gasteiger partial charge in [0.2, 0.25) is 0 Å². The molecule has 90 valence electrons. The van der Waals surface area contributed by atoms with Crippen LogP contribution in [0.3, 0.4) is 0 Å². The van der Waals surface area contributed by atoms with Gasteiger partial charge in [-0.05, 0) is 0 Å². The third kappa shape index (κ3) is 3.57. The van der Waals surface area contributed by atoms with Gasteiger partial charge in [-0.1, -0.05) is 0 Å². The molecule has 1 aliphatic rings. The molecular weight excluding hydrogens is 311 g/mol. The molecular formula is C10H19IO4. The molecule has 1 rings (SSSR count). The number of carbonyl (C=O) groups excluding carboxylic acids is 1. The molecule has 0 bridgehead atoms. The molecule has 0 aliphatic carbocycles. The summed E-state index contributed by atoms with van der Waals surface area (Å²) >= 11 is -1.24. The minimum atomic E-state index is -1.24. The molecule has 0 N–H and O–H groups in total. The molecule has 0 saturated carbocycles. The monoisotopic (exact) mass is 330 g/mol. The molecule has 0 amide bonds. The van der Waals surface area contributed by atoms with Gasteiger partial charge in [-0.25, -0.2) is 0 Å². The number of ether oxygens (including phenoxy) is 3. The van der Waals surface area contributed by atoms with E-state index in [1.807, 2.05) is 13.8 Å². The average molecular weight is 330 g/mol. The van der Waals surface area contributed by atoms with Crippen molar-refractivity contribution < 1.29 is 19.0 Å². The number of alkyl halides is 3. The van der Waals surface area contributed by atoms with Crippen molar-refractivity contribution in [1.29, 1.82) is 0 Å². The Morgan fingerprint density at radius 1 is 1.47 bits per heavy atom. The Morgan fingerprint density at radius 2 is 2.13 bits per heavy atom. The van der Waals surface area contributed by atoms with Crippen molar-refractivity contribution in [3.8, 4) is 0 Å². The van der Waals surface area contributed by atoms with E-state index in [1.54, 1.807) is 0 Å². The topological polar surface area (TPSA) is 44.8 Å². The van der Waals surface area contributed by atoms with Crippen LogP contribution in [-0.2, 0) is 19.0 Å². The summed E-state index contributed by atoms with van der Waals surface area (Å²) in [7, 11) is 0. The molecule has 0 aromatic rings. The zero-order valence-electron chi connectivity index (χ0n) is 9.71. The van der Waals surface area contributed by atoms with E-state index >= 15 is 0 Å². The maximum atomic E-state index is 11.9. The van der Waals surface area contributed by atoms with Crippen molar-refractivity contribution >= 4 is 25.8 Å². The maximum absolute atomic E-state index is 11.9. The predicted octanol–water partition coefficient (Wildman–Crippen LogP) is 1.79. The summed E-state index contributed by atoms with van der Waals surface area (Å²) < 4.78 is 15.2. The van der Waals surface area contributed by atoms with E-state index in [4.69, 9.17) is 14.2 Å². The Kier molecular flexibility index (Phi) is 4.79. The Balaban J connectivity index is 2.46. The fraction of sp³-hybridized carbons (Fsp3) is 0.900. The van der Waals surface area contributed by atoms with Crippen LogP contribution in [0, 0.1) is 0 Å². The van der Waals surface area contributed by atoms with Gasteiger partial charge in [0.1, 0.15) is 0 Å². The summed E-state index contributed by atoms with van der Waals surface area (Å²) in [6.45, 7) is 4.73. The van der Waals surface area contributed by atoms with Crippen LogP contribution in [0.2, 0.25) is 0 Å². The van der Waals surface area contributed by atoms with E-state index in [0.717, 1.165) is 0 Å². The first kappa shape index (κ1) is 13.2. The minimum absolute atomic E-state index is 0.135. The van der Waals surface area contributed by atoms with Crippen molar-refractivity contribution in [2.24, 2.45) is 0 Å². The fourth-order valence-corrected chi connectivity index (χ4v) is 1.96. The van der Waals surface area contributed by atoms with Gasteiger partial charge in [-0.2, -0.15) is 0 Å². The normalized spacial score (nSPS) is 23.5. The number of halogens is 1. The Labute approximate surface area is 98.0 Å². The van der Waals surface area contributed by atoms with Gasteiger partial charge in [-0.3, -0.25) is 0 Å². The van der Waals surface area contributed by atoms with Crippen LogP contribution in [0.4, 0.5) is 0 Å². The summed E-state index contributed by atoms with van der Waals surface area (Å²) in [5.41, 5.74) is 0. The molecule has 0 aromatic heterocycles. The number of esters is 1. The summed E-state index contributed by atoms with van der Waals surface area (Å²) in [5, 5.41) is 0. The Morgan fingerprint density at radius 3 is 2.60 bits per heavy atom. The standard InChI is InChI=1S/C10H19IO4/c1-10(2,11(3)4)9(12)15-8-5-6-13-7-14-8/h8H,5-7H2,1-4H3. The molecule has 1 heterocycles. The first-order valence-corrected chi connectivity index (χ1v) is 10.2. The van der Waals surface area contributed by atoms with Crippen LogP contribution in [0.25, 0.3) is 0 Å².